The second kappa shape index (κ2) is 4.10. The monoisotopic (exact) mass is 239 g/mol. The Bertz CT molecular complexity index is 649. The van der Waals surface area contributed by atoms with E-state index in [1.54, 1.807) is 0 Å². The molecule has 0 unspecified atom stereocenters. The van der Waals surface area contributed by atoms with Crippen molar-refractivity contribution < 1.29 is 0 Å². The van der Waals surface area contributed by atoms with Crippen LogP contribution in [0.2, 0.25) is 0 Å². The van der Waals surface area contributed by atoms with Gasteiger partial charge >= 0.3 is 0 Å². The van der Waals surface area contributed by atoms with Crippen molar-refractivity contribution in [2.75, 3.05) is 20.6 Å². The molecule has 0 radical (unpaired) electrons. The lowest BCUT2D eigenvalue weighted by Gasteiger charge is -2.24. The van der Waals surface area contributed by atoms with Crippen molar-refractivity contribution in [2.24, 2.45) is 4.99 Å². The van der Waals surface area contributed by atoms with Crippen molar-refractivity contribution in [2.45, 2.75) is 6.54 Å². The summed E-state index contributed by atoms with van der Waals surface area (Å²) in [6, 6.07) is 6.29. The van der Waals surface area contributed by atoms with Gasteiger partial charge in [-0.05, 0) is 18.7 Å². The number of hydrogen-bond donors (Lipinski definition) is 1. The number of aromatic nitrogens is 1. The highest BCUT2D eigenvalue weighted by Gasteiger charge is 2.24. The Morgan fingerprint density at radius 1 is 1.39 bits per heavy atom. The summed E-state index contributed by atoms with van der Waals surface area (Å²) in [7, 11) is 3.99. The fourth-order valence-electron chi connectivity index (χ4n) is 2.78. The van der Waals surface area contributed by atoms with Crippen LogP contribution in [0.1, 0.15) is 16.8 Å². The molecule has 18 heavy (non-hydrogen) atoms. The normalized spacial score (nSPS) is 18.2. The van der Waals surface area contributed by atoms with E-state index >= 15 is 0 Å². The maximum atomic E-state index is 4.46. The van der Waals surface area contributed by atoms with E-state index in [1.165, 1.54) is 27.7 Å². The molecule has 0 saturated carbocycles. The standard InChI is InChI=1S/C15H17N3/c1-4-10-6-5-7-11-14(10)15-12(16-2)8-18(3)9-13(15)17-11/h4-7,17H,1,8-9H2,2-3H3/b16-12-. The lowest BCUT2D eigenvalue weighted by molar-refractivity contribution is 0.362. The molecule has 1 aromatic carbocycles. The summed E-state index contributed by atoms with van der Waals surface area (Å²) < 4.78 is 0. The van der Waals surface area contributed by atoms with Crippen LogP contribution < -0.4 is 0 Å². The minimum atomic E-state index is 0.905. The number of hydrogen-bond acceptors (Lipinski definition) is 2. The zero-order valence-corrected chi connectivity index (χ0v) is 10.8. The highest BCUT2D eigenvalue weighted by atomic mass is 15.1. The number of benzene rings is 1. The minimum Gasteiger partial charge on any atom is -0.357 e. The molecule has 0 saturated heterocycles. The number of nitrogens with one attached hydrogen (secondary N) is 1. The summed E-state index contributed by atoms with van der Waals surface area (Å²) in [6.07, 6.45) is 1.92. The minimum absolute atomic E-state index is 0.905. The molecule has 3 nitrogen and oxygen atoms in total. The third kappa shape index (κ3) is 1.51. The fourth-order valence-corrected chi connectivity index (χ4v) is 2.78. The van der Waals surface area contributed by atoms with Gasteiger partial charge in [0, 0.05) is 42.3 Å². The summed E-state index contributed by atoms with van der Waals surface area (Å²) in [5.74, 6) is 0. The van der Waals surface area contributed by atoms with Crippen molar-refractivity contribution in [3.8, 4) is 0 Å². The van der Waals surface area contributed by atoms with Crippen molar-refractivity contribution in [1.29, 1.82) is 0 Å². The van der Waals surface area contributed by atoms with E-state index in [0.29, 0.717) is 0 Å². The van der Waals surface area contributed by atoms with Gasteiger partial charge in [0.1, 0.15) is 0 Å². The topological polar surface area (TPSA) is 31.4 Å². The van der Waals surface area contributed by atoms with Crippen molar-refractivity contribution in [3.63, 3.8) is 0 Å². The van der Waals surface area contributed by atoms with Gasteiger partial charge in [-0.15, -0.1) is 0 Å². The van der Waals surface area contributed by atoms with Gasteiger partial charge in [-0.1, -0.05) is 24.8 Å². The molecule has 1 aliphatic rings. The molecule has 0 aliphatic carbocycles. The zero-order valence-electron chi connectivity index (χ0n) is 10.8. The van der Waals surface area contributed by atoms with Crippen molar-refractivity contribution in [1.82, 2.24) is 9.88 Å². The average molecular weight is 239 g/mol. The van der Waals surface area contributed by atoms with Gasteiger partial charge in [0.2, 0.25) is 0 Å². The molecular weight excluding hydrogens is 222 g/mol. The highest BCUT2D eigenvalue weighted by Crippen LogP contribution is 2.30. The maximum Gasteiger partial charge on any atom is 0.0582 e. The molecule has 0 amide bonds. The third-order valence-electron chi connectivity index (χ3n) is 3.56. The first-order valence-electron chi connectivity index (χ1n) is 6.15. The van der Waals surface area contributed by atoms with Crippen molar-refractivity contribution in [3.05, 3.63) is 41.6 Å². The van der Waals surface area contributed by atoms with E-state index in [9.17, 15) is 0 Å². The first-order valence-corrected chi connectivity index (χ1v) is 6.15. The molecule has 1 aromatic heterocycles. The number of fused-ring (bicyclic) bond motifs is 3. The Morgan fingerprint density at radius 3 is 2.94 bits per heavy atom. The fraction of sp³-hybridized carbons (Fsp3) is 0.267. The van der Waals surface area contributed by atoms with E-state index < -0.39 is 0 Å². The van der Waals surface area contributed by atoms with Crippen LogP contribution in [0.3, 0.4) is 0 Å². The first-order chi connectivity index (χ1) is 8.74. The van der Waals surface area contributed by atoms with Gasteiger partial charge in [-0.3, -0.25) is 9.89 Å². The molecule has 1 aliphatic heterocycles. The van der Waals surface area contributed by atoms with E-state index in [4.69, 9.17) is 0 Å². The Kier molecular flexibility index (Phi) is 2.56. The summed E-state index contributed by atoms with van der Waals surface area (Å²) in [4.78, 5) is 10.2. The van der Waals surface area contributed by atoms with Gasteiger partial charge in [-0.2, -0.15) is 0 Å². The molecule has 1 N–H and O–H groups in total. The van der Waals surface area contributed by atoms with Crippen LogP contribution in [0.5, 0.6) is 0 Å². The zero-order chi connectivity index (χ0) is 12.7. The predicted molar refractivity (Wildman–Crippen MR) is 77.2 cm³/mol. The molecular formula is C15H17N3. The Labute approximate surface area is 107 Å². The number of aromatic amines is 1. The number of H-pyrrole nitrogens is 1. The predicted octanol–water partition coefficient (Wildman–Crippen LogP) is 2.68. The van der Waals surface area contributed by atoms with E-state index in [0.717, 1.165) is 18.8 Å². The smallest absolute Gasteiger partial charge is 0.0582 e. The summed E-state index contributed by atoms with van der Waals surface area (Å²) in [5, 5.41) is 1.26. The number of aliphatic imine (C=N–C) groups is 1. The van der Waals surface area contributed by atoms with Gasteiger partial charge in [0.15, 0.2) is 0 Å². The second-order valence-corrected chi connectivity index (χ2v) is 4.80. The molecule has 92 valence electrons. The SMILES string of the molecule is C=Cc1cccc2[nH]c3c(c12)/C(=N\C)CN(C)C3. The summed E-state index contributed by atoms with van der Waals surface area (Å²) in [6.45, 7) is 5.76. The van der Waals surface area contributed by atoms with Crippen molar-refractivity contribution >= 4 is 22.7 Å². The van der Waals surface area contributed by atoms with Crippen LogP contribution in [-0.2, 0) is 6.54 Å². The van der Waals surface area contributed by atoms with E-state index in [2.05, 4.69) is 46.7 Å². The molecule has 3 heteroatoms. The molecule has 0 spiro atoms. The summed E-state index contributed by atoms with van der Waals surface area (Å²) >= 11 is 0. The molecule has 0 fully saturated rings. The highest BCUT2D eigenvalue weighted by molar-refractivity contribution is 6.15. The number of rotatable bonds is 1. The molecule has 2 aromatic rings. The quantitative estimate of drug-likeness (QED) is 0.815. The van der Waals surface area contributed by atoms with Gasteiger partial charge in [-0.25, -0.2) is 0 Å². The van der Waals surface area contributed by atoms with Crippen LogP contribution in [0.4, 0.5) is 0 Å². The second-order valence-electron chi connectivity index (χ2n) is 4.80. The third-order valence-corrected chi connectivity index (χ3v) is 3.56. The number of nitrogens with zero attached hydrogens (tertiary/aromatic N) is 2. The Balaban J connectivity index is 2.38. The van der Waals surface area contributed by atoms with Crippen LogP contribution in [0.25, 0.3) is 17.0 Å². The van der Waals surface area contributed by atoms with Crippen LogP contribution in [-0.4, -0.2) is 36.2 Å². The van der Waals surface area contributed by atoms with E-state index in [1.807, 2.05) is 13.1 Å². The van der Waals surface area contributed by atoms with E-state index in [-0.39, 0.29) is 0 Å². The Hall–Kier alpha value is -1.87. The molecule has 2 heterocycles. The maximum absolute atomic E-state index is 4.46. The average Bonchev–Trinajstić information content (AvgIpc) is 2.75. The van der Waals surface area contributed by atoms with Gasteiger partial charge < -0.3 is 4.98 Å². The van der Waals surface area contributed by atoms with Crippen LogP contribution in [0.15, 0.2) is 29.8 Å². The van der Waals surface area contributed by atoms with Crippen LogP contribution in [0, 0.1) is 0 Å². The first kappa shape index (κ1) is 11.2. The molecule has 0 bridgehead atoms. The molecule has 3 rings (SSSR count). The number of likely N-dealkylation sites (N-methyl/N-ethyl adjacent to an activating group) is 1. The Morgan fingerprint density at radius 2 is 2.22 bits per heavy atom. The lowest BCUT2D eigenvalue weighted by Crippen LogP contribution is -2.32. The summed E-state index contributed by atoms with van der Waals surface area (Å²) in [5.41, 5.74) is 6.04. The van der Waals surface area contributed by atoms with Gasteiger partial charge in [0.25, 0.3) is 0 Å². The largest absolute Gasteiger partial charge is 0.357 e. The lowest BCUT2D eigenvalue weighted by atomic mass is 9.98. The molecule has 0 atom stereocenters. The van der Waals surface area contributed by atoms with Gasteiger partial charge in [0.05, 0.1) is 5.71 Å². The van der Waals surface area contributed by atoms with Crippen LogP contribution >= 0.6 is 0 Å².